The molecule has 7 heteroatoms. The largest absolute Gasteiger partial charge is 0.456 e. The number of hydrogen-bond acceptors (Lipinski definition) is 7. The predicted octanol–water partition coefficient (Wildman–Crippen LogP) is 26.6. The molecule has 0 amide bonds. The molecule has 13 aromatic carbocycles. The normalized spacial score (nSPS) is 10.8. The highest BCUT2D eigenvalue weighted by Gasteiger charge is 2.11. The van der Waals surface area contributed by atoms with Crippen molar-refractivity contribution in [3.63, 3.8) is 0 Å². The summed E-state index contributed by atoms with van der Waals surface area (Å²) in [4.78, 5) is 8.46. The van der Waals surface area contributed by atoms with Gasteiger partial charge in [-0.3, -0.25) is 9.97 Å². The summed E-state index contributed by atoms with van der Waals surface area (Å²) in [6.45, 7) is 16.7. The highest BCUT2D eigenvalue weighted by atomic mass is 16.3. The molecule has 0 saturated carbocycles. The maximum Gasteiger partial charge on any atom is 0.138 e. The van der Waals surface area contributed by atoms with E-state index in [1.54, 1.807) is 0 Å². The summed E-state index contributed by atoms with van der Waals surface area (Å²) in [5.41, 5.74) is 21.9. The Morgan fingerprint density at radius 3 is 1.20 bits per heavy atom. The van der Waals surface area contributed by atoms with Gasteiger partial charge < -0.3 is 22.1 Å². The highest BCUT2D eigenvalue weighted by Crippen LogP contribution is 2.34. The molecule has 0 radical (unpaired) electrons. The van der Waals surface area contributed by atoms with Crippen molar-refractivity contribution in [1.82, 2.24) is 9.97 Å². The Morgan fingerprint density at radius 1 is 0.202 bits per heavy atom. The van der Waals surface area contributed by atoms with Gasteiger partial charge in [-0.05, 0) is 168 Å². The summed E-state index contributed by atoms with van der Waals surface area (Å²) in [5.74, 6) is 0. The molecule has 0 aliphatic heterocycles. The van der Waals surface area contributed by atoms with Gasteiger partial charge in [-0.25, -0.2) is 0 Å². The molecule has 0 saturated heterocycles. The molecule has 0 bridgehead atoms. The summed E-state index contributed by atoms with van der Waals surface area (Å²) in [6, 6.07) is 103. The fourth-order valence-corrected chi connectivity index (χ4v) is 12.3. The number of pyridine rings is 2. The molecule has 0 N–H and O–H groups in total. The van der Waals surface area contributed by atoms with Crippen molar-refractivity contribution >= 4 is 131 Å². The van der Waals surface area contributed by atoms with Crippen molar-refractivity contribution in [3.8, 4) is 0 Å². The van der Waals surface area contributed by atoms with Gasteiger partial charge in [0.05, 0.1) is 11.0 Å². The fourth-order valence-electron chi connectivity index (χ4n) is 12.3. The van der Waals surface area contributed by atoms with Gasteiger partial charge in [0.2, 0.25) is 0 Å². The smallest absolute Gasteiger partial charge is 0.138 e. The maximum atomic E-state index is 5.78. The third-order valence-electron chi connectivity index (χ3n) is 17.3. The quantitative estimate of drug-likeness (QED) is 0.149. The van der Waals surface area contributed by atoms with Crippen LogP contribution in [0.1, 0.15) is 44.5 Å². The second-order valence-electron chi connectivity index (χ2n) is 24.9. The average Bonchev–Trinajstić information content (AvgIpc) is 1.67. The van der Waals surface area contributed by atoms with Crippen molar-refractivity contribution in [2.45, 2.75) is 55.4 Å². The maximum absolute atomic E-state index is 5.78. The summed E-state index contributed by atoms with van der Waals surface area (Å²) in [7, 11) is 0. The third-order valence-corrected chi connectivity index (χ3v) is 17.3. The first-order valence-corrected chi connectivity index (χ1v) is 33.4. The van der Waals surface area contributed by atoms with E-state index in [-0.39, 0.29) is 0 Å². The van der Waals surface area contributed by atoms with Gasteiger partial charge in [-0.15, -0.1) is 0 Å². The number of aryl methyl sites for hydroxylation is 8. The fraction of sp³-hybridized carbons (Fsp3) is 0.0870. The SMILES string of the molecule is Cc1ccc2c(c1)oc1ccccc12.Cc1ccc2cccnc2c1.Cc1ccc2ncccc2c1.Cc1ccc2oc3ccccc3c2c1.Cc1cccc2c1oc1ccccc12.Cc1cccc2c1oc1ccccc12.Cc1cccc2oc3ccccc3c12.Cc1ccccc1. The van der Waals surface area contributed by atoms with E-state index in [0.717, 1.165) is 66.9 Å². The number of nitrogens with zero attached hydrogens (tertiary/aromatic N) is 2. The van der Waals surface area contributed by atoms with Crippen LogP contribution in [0, 0.1) is 55.4 Å². The summed E-state index contributed by atoms with van der Waals surface area (Å²) >= 11 is 0. The van der Waals surface area contributed by atoms with Gasteiger partial charge in [0.1, 0.15) is 55.8 Å². The lowest BCUT2D eigenvalue weighted by atomic mass is 10.1. The number of rotatable bonds is 0. The molecule has 20 rings (SSSR count). The van der Waals surface area contributed by atoms with E-state index in [1.807, 2.05) is 158 Å². The van der Waals surface area contributed by atoms with E-state index < -0.39 is 0 Å². The van der Waals surface area contributed by atoms with Crippen LogP contribution in [0.3, 0.4) is 0 Å². The molecule has 484 valence electrons. The van der Waals surface area contributed by atoms with Crippen LogP contribution in [0.15, 0.2) is 338 Å². The summed E-state index contributed by atoms with van der Waals surface area (Å²) in [6.07, 6.45) is 3.64. The molecule has 99 heavy (non-hydrogen) atoms. The van der Waals surface area contributed by atoms with Crippen LogP contribution in [-0.2, 0) is 0 Å². The molecule has 20 aromatic rings. The van der Waals surface area contributed by atoms with Crippen LogP contribution in [0.4, 0.5) is 0 Å². The van der Waals surface area contributed by atoms with Crippen LogP contribution < -0.4 is 0 Å². The molecule has 0 atom stereocenters. The zero-order valence-electron chi connectivity index (χ0n) is 57.0. The van der Waals surface area contributed by atoms with Gasteiger partial charge in [-0.2, -0.15) is 0 Å². The first-order chi connectivity index (χ1) is 48.4. The molecule has 7 heterocycles. The molecule has 7 nitrogen and oxygen atoms in total. The number of aromatic nitrogens is 2. The Morgan fingerprint density at radius 2 is 0.596 bits per heavy atom. The van der Waals surface area contributed by atoms with Crippen LogP contribution in [-0.4, -0.2) is 9.97 Å². The lowest BCUT2D eigenvalue weighted by Crippen LogP contribution is -1.77. The number of benzene rings is 13. The molecule has 0 aliphatic rings. The minimum atomic E-state index is 0.966. The molecular formula is C92H76N2O5. The number of fused-ring (bicyclic) bond motifs is 17. The zero-order valence-corrected chi connectivity index (χ0v) is 57.0. The van der Waals surface area contributed by atoms with Crippen molar-refractivity contribution in [1.29, 1.82) is 0 Å². The predicted molar refractivity (Wildman–Crippen MR) is 416 cm³/mol. The van der Waals surface area contributed by atoms with Crippen molar-refractivity contribution in [2.24, 2.45) is 0 Å². The molecular weight excluding hydrogens is 1210 g/mol. The second kappa shape index (κ2) is 30.2. The van der Waals surface area contributed by atoms with E-state index in [2.05, 4.69) is 223 Å². The van der Waals surface area contributed by atoms with Crippen molar-refractivity contribution in [3.05, 3.63) is 360 Å². The average molecular weight is 1290 g/mol. The Balaban J connectivity index is 0.000000102. The van der Waals surface area contributed by atoms with Gasteiger partial charge in [-0.1, -0.05) is 235 Å². The minimum absolute atomic E-state index is 0.966. The van der Waals surface area contributed by atoms with Crippen molar-refractivity contribution < 1.29 is 22.1 Å². The standard InChI is InChI=1S/5C13H10O.2C10H9N.C7H8/c2*1-9-5-4-7-11-10-6-2-3-8-12(10)14-13(9)11;1-9-5-4-8-12-13(9)10-6-2-3-7-11(10)14-12;1-9-6-7-13-11(8-9)10-4-2-3-5-12(10)14-13;1-9-6-7-11-10-4-2-3-5-12(10)14-13(11)8-9;1-8-4-5-10-9(7-8)3-2-6-11-10;1-8-4-5-9-3-2-6-11-10(9)7-8;1-7-5-3-2-4-6-7/h5*2-8H,1H3;2*2-7H,1H3;2-6H,1H3. The van der Waals surface area contributed by atoms with Crippen LogP contribution in [0.2, 0.25) is 0 Å². The summed E-state index contributed by atoms with van der Waals surface area (Å²) in [5, 5.41) is 14.5. The monoisotopic (exact) mass is 1290 g/mol. The van der Waals surface area contributed by atoms with E-state index >= 15 is 0 Å². The summed E-state index contributed by atoms with van der Waals surface area (Å²) < 4.78 is 28.7. The van der Waals surface area contributed by atoms with Crippen LogP contribution in [0.25, 0.3) is 131 Å². The van der Waals surface area contributed by atoms with Gasteiger partial charge in [0, 0.05) is 77.0 Å². The number of furan rings is 5. The zero-order chi connectivity index (χ0) is 68.2. The topological polar surface area (TPSA) is 91.5 Å². The lowest BCUT2D eigenvalue weighted by Gasteiger charge is -1.95. The first kappa shape index (κ1) is 65.3. The molecule has 0 aliphatic carbocycles. The number of hydrogen-bond donors (Lipinski definition) is 0. The second-order valence-corrected chi connectivity index (χ2v) is 24.9. The lowest BCUT2D eigenvalue weighted by molar-refractivity contribution is 0.665. The highest BCUT2D eigenvalue weighted by molar-refractivity contribution is 6.09. The number of para-hydroxylation sites is 7. The first-order valence-electron chi connectivity index (χ1n) is 33.4. The van der Waals surface area contributed by atoms with E-state index in [9.17, 15) is 0 Å². The Bertz CT molecular complexity index is 5900. The van der Waals surface area contributed by atoms with E-state index in [1.165, 1.54) is 109 Å². The Kier molecular flexibility index (Phi) is 19.9. The van der Waals surface area contributed by atoms with Gasteiger partial charge in [0.15, 0.2) is 0 Å². The van der Waals surface area contributed by atoms with Crippen LogP contribution in [0.5, 0.6) is 0 Å². The van der Waals surface area contributed by atoms with E-state index in [4.69, 9.17) is 22.1 Å². The third kappa shape index (κ3) is 15.2. The molecule has 7 aromatic heterocycles. The molecule has 0 spiro atoms. The van der Waals surface area contributed by atoms with Crippen molar-refractivity contribution in [2.75, 3.05) is 0 Å². The van der Waals surface area contributed by atoms with Crippen LogP contribution >= 0.6 is 0 Å². The van der Waals surface area contributed by atoms with Gasteiger partial charge >= 0.3 is 0 Å². The van der Waals surface area contributed by atoms with E-state index in [0.29, 0.717) is 0 Å². The minimum Gasteiger partial charge on any atom is -0.456 e. The molecule has 0 unspecified atom stereocenters. The molecule has 0 fully saturated rings. The Labute approximate surface area is 575 Å². The van der Waals surface area contributed by atoms with Gasteiger partial charge in [0.25, 0.3) is 0 Å². The Hall–Kier alpha value is -12.3.